The fraction of sp³-hybridized carbons (Fsp3) is 0.265. The number of carbonyl (C=O) groups excluding carboxylic acids is 1. The van der Waals surface area contributed by atoms with Crippen LogP contribution in [0.5, 0.6) is 0 Å². The molecule has 0 radical (unpaired) electrons. The smallest absolute Gasteiger partial charge is 0.408 e. The molecule has 0 spiro atoms. The highest BCUT2D eigenvalue weighted by molar-refractivity contribution is 5.88. The largest absolute Gasteiger partial charge is 0.444 e. The van der Waals surface area contributed by atoms with E-state index in [1.165, 1.54) is 0 Å². The number of fused-ring (bicyclic) bond motifs is 1. The molecule has 1 aliphatic carbocycles. The van der Waals surface area contributed by atoms with Crippen LogP contribution < -0.4 is 5.32 Å². The molecule has 202 valence electrons. The summed E-state index contributed by atoms with van der Waals surface area (Å²) in [5.41, 5.74) is 8.33. The molecule has 0 bridgehead atoms. The molecule has 5 aromatic rings. The summed E-state index contributed by atoms with van der Waals surface area (Å²) in [5.74, 6) is 0. The molecule has 1 saturated carbocycles. The van der Waals surface area contributed by atoms with Crippen molar-refractivity contribution in [2.75, 3.05) is 0 Å². The number of nitrogens with one attached hydrogen (secondary N) is 1. The lowest BCUT2D eigenvalue weighted by Gasteiger charge is -2.43. The molecule has 3 heterocycles. The number of hydrogen-bond donors (Lipinski definition) is 1. The summed E-state index contributed by atoms with van der Waals surface area (Å²) >= 11 is 0. The highest BCUT2D eigenvalue weighted by Gasteiger charge is 2.41. The molecule has 0 atom stereocenters. The number of rotatable bonds is 5. The number of nitrogens with zero attached hydrogens (tertiary/aromatic N) is 3. The van der Waals surface area contributed by atoms with Gasteiger partial charge >= 0.3 is 6.09 Å². The maximum absolute atomic E-state index is 12.7. The lowest BCUT2D eigenvalue weighted by Crippen LogP contribution is -2.52. The lowest BCUT2D eigenvalue weighted by atomic mass is 9.71. The standard InChI is InChI=1S/C34H34N4O2/c1-23-20-28(26-12-8-19-35-21-26)31-36-29(30(38(31)22-23)25-10-6-5-7-11-25)24-13-15-27(16-14-24)34(17-9-18-34)37-32(39)40-33(2,3)4/h5-8,10-16,19-22H,9,17-18H2,1-4H3,(H,37,39). The van der Waals surface area contributed by atoms with E-state index in [0.717, 1.165) is 69.7 Å². The van der Waals surface area contributed by atoms with Crippen molar-refractivity contribution in [1.29, 1.82) is 0 Å². The van der Waals surface area contributed by atoms with Gasteiger partial charge in [0.25, 0.3) is 0 Å². The van der Waals surface area contributed by atoms with Gasteiger partial charge in [0.15, 0.2) is 0 Å². The summed E-state index contributed by atoms with van der Waals surface area (Å²) in [6, 6.07) is 25.1. The van der Waals surface area contributed by atoms with Crippen LogP contribution in [0.2, 0.25) is 0 Å². The number of amides is 1. The van der Waals surface area contributed by atoms with Gasteiger partial charge < -0.3 is 10.1 Å². The number of pyridine rings is 2. The van der Waals surface area contributed by atoms with Crippen molar-refractivity contribution in [1.82, 2.24) is 19.7 Å². The number of aromatic nitrogens is 3. The van der Waals surface area contributed by atoms with E-state index in [-0.39, 0.29) is 6.09 Å². The highest BCUT2D eigenvalue weighted by Crippen LogP contribution is 2.43. The summed E-state index contributed by atoms with van der Waals surface area (Å²) in [7, 11) is 0. The Labute approximate surface area is 235 Å². The van der Waals surface area contributed by atoms with E-state index in [2.05, 4.69) is 88.5 Å². The third-order valence-electron chi connectivity index (χ3n) is 7.53. The van der Waals surface area contributed by atoms with Crippen molar-refractivity contribution in [2.45, 2.75) is 58.1 Å². The quantitative estimate of drug-likeness (QED) is 0.250. The number of ether oxygens (including phenoxy) is 1. The highest BCUT2D eigenvalue weighted by atomic mass is 16.6. The number of hydrogen-bond acceptors (Lipinski definition) is 4. The molecule has 6 nitrogen and oxygen atoms in total. The van der Waals surface area contributed by atoms with Gasteiger partial charge in [-0.3, -0.25) is 9.38 Å². The van der Waals surface area contributed by atoms with Crippen molar-refractivity contribution in [2.24, 2.45) is 0 Å². The van der Waals surface area contributed by atoms with E-state index in [0.29, 0.717) is 0 Å². The maximum Gasteiger partial charge on any atom is 0.408 e. The second kappa shape index (κ2) is 9.94. The molecule has 0 saturated heterocycles. The molecule has 6 rings (SSSR count). The summed E-state index contributed by atoms with van der Waals surface area (Å²) in [5, 5.41) is 3.17. The van der Waals surface area contributed by atoms with Gasteiger partial charge in [0, 0.05) is 40.8 Å². The Balaban J connectivity index is 1.45. The van der Waals surface area contributed by atoms with Crippen molar-refractivity contribution >= 4 is 11.7 Å². The fourth-order valence-electron chi connectivity index (χ4n) is 5.55. The fourth-order valence-corrected chi connectivity index (χ4v) is 5.55. The zero-order valence-electron chi connectivity index (χ0n) is 23.4. The predicted octanol–water partition coefficient (Wildman–Crippen LogP) is 7.94. The van der Waals surface area contributed by atoms with Crippen molar-refractivity contribution in [3.8, 4) is 33.6 Å². The van der Waals surface area contributed by atoms with Gasteiger partial charge in [-0.1, -0.05) is 60.7 Å². The molecule has 1 aliphatic rings. The molecule has 2 aromatic carbocycles. The number of carbonyl (C=O) groups is 1. The monoisotopic (exact) mass is 530 g/mol. The Morgan fingerprint density at radius 1 is 0.950 bits per heavy atom. The minimum Gasteiger partial charge on any atom is -0.444 e. The second-order valence-corrected chi connectivity index (χ2v) is 11.7. The summed E-state index contributed by atoms with van der Waals surface area (Å²) in [6.07, 6.45) is 8.30. The first-order valence-electron chi connectivity index (χ1n) is 13.8. The number of aryl methyl sites for hydroxylation is 1. The molecule has 40 heavy (non-hydrogen) atoms. The minimum absolute atomic E-state index is 0.374. The molecular formula is C34H34N4O2. The summed E-state index contributed by atoms with van der Waals surface area (Å²) in [4.78, 5) is 22.2. The van der Waals surface area contributed by atoms with Crippen molar-refractivity contribution in [3.05, 3.63) is 103 Å². The van der Waals surface area contributed by atoms with E-state index in [1.54, 1.807) is 6.20 Å². The maximum atomic E-state index is 12.7. The van der Waals surface area contributed by atoms with Crippen LogP contribution in [0.25, 0.3) is 39.3 Å². The Hall–Kier alpha value is -4.45. The van der Waals surface area contributed by atoms with Gasteiger partial charge in [0.05, 0.1) is 16.9 Å². The van der Waals surface area contributed by atoms with E-state index in [4.69, 9.17) is 9.72 Å². The van der Waals surface area contributed by atoms with Crippen LogP contribution in [0.3, 0.4) is 0 Å². The third kappa shape index (κ3) is 4.86. The first kappa shape index (κ1) is 25.8. The third-order valence-corrected chi connectivity index (χ3v) is 7.53. The zero-order chi connectivity index (χ0) is 27.9. The van der Waals surface area contributed by atoms with Crippen LogP contribution in [0, 0.1) is 6.92 Å². The first-order valence-corrected chi connectivity index (χ1v) is 13.8. The molecule has 1 fully saturated rings. The lowest BCUT2D eigenvalue weighted by molar-refractivity contribution is 0.0377. The number of imidazole rings is 1. The van der Waals surface area contributed by atoms with E-state index in [9.17, 15) is 4.79 Å². The average Bonchev–Trinajstić information content (AvgIpc) is 3.29. The first-order chi connectivity index (χ1) is 19.2. The van der Waals surface area contributed by atoms with Gasteiger partial charge in [-0.2, -0.15) is 0 Å². The Morgan fingerprint density at radius 3 is 2.30 bits per heavy atom. The molecule has 6 heteroatoms. The molecular weight excluding hydrogens is 496 g/mol. The van der Waals surface area contributed by atoms with Gasteiger partial charge in [0.1, 0.15) is 11.2 Å². The van der Waals surface area contributed by atoms with Crippen LogP contribution in [0.15, 0.2) is 91.4 Å². The van der Waals surface area contributed by atoms with Crippen molar-refractivity contribution < 1.29 is 9.53 Å². The van der Waals surface area contributed by atoms with Gasteiger partial charge in [0.2, 0.25) is 0 Å². The van der Waals surface area contributed by atoms with Crippen LogP contribution in [-0.2, 0) is 10.3 Å². The van der Waals surface area contributed by atoms with E-state index in [1.807, 2.05) is 39.1 Å². The van der Waals surface area contributed by atoms with E-state index < -0.39 is 11.1 Å². The molecule has 3 aromatic heterocycles. The van der Waals surface area contributed by atoms with Crippen LogP contribution in [0.1, 0.15) is 51.2 Å². The van der Waals surface area contributed by atoms with Crippen LogP contribution >= 0.6 is 0 Å². The van der Waals surface area contributed by atoms with Crippen LogP contribution in [-0.4, -0.2) is 26.1 Å². The van der Waals surface area contributed by atoms with Gasteiger partial charge in [-0.15, -0.1) is 0 Å². The number of alkyl carbamates (subject to hydrolysis) is 1. The summed E-state index contributed by atoms with van der Waals surface area (Å²) in [6.45, 7) is 7.76. The molecule has 0 aliphatic heterocycles. The topological polar surface area (TPSA) is 68.5 Å². The minimum atomic E-state index is -0.539. The zero-order valence-corrected chi connectivity index (χ0v) is 23.4. The van der Waals surface area contributed by atoms with Gasteiger partial charge in [-0.25, -0.2) is 9.78 Å². The van der Waals surface area contributed by atoms with Crippen molar-refractivity contribution in [3.63, 3.8) is 0 Å². The molecule has 1 N–H and O–H groups in total. The van der Waals surface area contributed by atoms with E-state index >= 15 is 0 Å². The Morgan fingerprint density at radius 2 is 1.68 bits per heavy atom. The average molecular weight is 531 g/mol. The Kier molecular flexibility index (Phi) is 6.41. The number of benzene rings is 2. The van der Waals surface area contributed by atoms with Crippen LogP contribution in [0.4, 0.5) is 4.79 Å². The summed E-state index contributed by atoms with van der Waals surface area (Å²) < 4.78 is 7.77. The Bertz CT molecular complexity index is 1660. The molecule has 1 amide bonds. The predicted molar refractivity (Wildman–Crippen MR) is 159 cm³/mol. The van der Waals surface area contributed by atoms with Gasteiger partial charge in [-0.05, 0) is 70.2 Å². The SMILES string of the molecule is Cc1cc(-c2cccnc2)c2nc(-c3ccc(C4(NC(=O)OC(C)(C)C)CCC4)cc3)c(-c3ccccc3)n2c1. The molecule has 0 unspecified atom stereocenters. The normalized spacial score (nSPS) is 14.5. The second-order valence-electron chi connectivity index (χ2n) is 11.7.